The van der Waals surface area contributed by atoms with Gasteiger partial charge in [-0.1, -0.05) is 23.8 Å². The van der Waals surface area contributed by atoms with Gasteiger partial charge in [0, 0.05) is 5.56 Å². The van der Waals surface area contributed by atoms with Gasteiger partial charge in [-0.15, -0.1) is 0 Å². The van der Waals surface area contributed by atoms with Crippen molar-refractivity contribution in [1.82, 2.24) is 0 Å². The Morgan fingerprint density at radius 3 is 2.37 bits per heavy atom. The predicted octanol–water partition coefficient (Wildman–Crippen LogP) is 3.26. The van der Waals surface area contributed by atoms with Crippen molar-refractivity contribution in [2.75, 3.05) is 0 Å². The molecule has 0 bridgehead atoms. The zero-order chi connectivity index (χ0) is 14.0. The lowest BCUT2D eigenvalue weighted by atomic mass is 9.87. The Morgan fingerprint density at radius 1 is 1.16 bits per heavy atom. The zero-order valence-corrected chi connectivity index (χ0v) is 10.8. The molecule has 0 saturated carbocycles. The van der Waals surface area contributed by atoms with E-state index in [2.05, 4.69) is 0 Å². The van der Waals surface area contributed by atoms with E-state index >= 15 is 0 Å². The van der Waals surface area contributed by atoms with Crippen molar-refractivity contribution in [2.45, 2.75) is 19.4 Å². The van der Waals surface area contributed by atoms with E-state index in [-0.39, 0.29) is 5.56 Å². The first kappa shape index (κ1) is 13.3. The Morgan fingerprint density at radius 2 is 1.79 bits per heavy atom. The Bertz CT molecular complexity index is 639. The lowest BCUT2D eigenvalue weighted by molar-refractivity contribution is 0.0979. The third-order valence-corrected chi connectivity index (χ3v) is 3.22. The molecule has 0 aliphatic heterocycles. The van der Waals surface area contributed by atoms with E-state index in [1.54, 1.807) is 43.3 Å². The van der Waals surface area contributed by atoms with Crippen LogP contribution in [0.4, 0.5) is 4.39 Å². The molecule has 2 aromatic carbocycles. The summed E-state index contributed by atoms with van der Waals surface area (Å²) in [6, 6.07) is 13.1. The van der Waals surface area contributed by atoms with Gasteiger partial charge in [0.25, 0.3) is 0 Å². The summed E-state index contributed by atoms with van der Waals surface area (Å²) in [7, 11) is 0. The highest BCUT2D eigenvalue weighted by atomic mass is 19.1. The van der Waals surface area contributed by atoms with Gasteiger partial charge in [-0.2, -0.15) is 5.26 Å². The fourth-order valence-electron chi connectivity index (χ4n) is 2.04. The first-order chi connectivity index (χ1) is 8.95. The summed E-state index contributed by atoms with van der Waals surface area (Å²) >= 11 is 0. The molecule has 96 valence electrons. The topological polar surface area (TPSA) is 44.0 Å². The molecule has 3 heteroatoms. The number of aliphatic hydroxyl groups is 1. The van der Waals surface area contributed by atoms with Crippen LogP contribution in [0.25, 0.3) is 0 Å². The lowest BCUT2D eigenvalue weighted by Crippen LogP contribution is -2.24. The molecule has 2 aromatic rings. The quantitative estimate of drug-likeness (QED) is 0.895. The maximum atomic E-state index is 13.9. The number of aryl methyl sites for hydroxylation is 1. The molecule has 2 nitrogen and oxygen atoms in total. The van der Waals surface area contributed by atoms with Crippen molar-refractivity contribution < 1.29 is 9.50 Å². The zero-order valence-electron chi connectivity index (χ0n) is 10.8. The van der Waals surface area contributed by atoms with Crippen LogP contribution in [-0.2, 0) is 5.60 Å². The smallest absolute Gasteiger partial charge is 0.129 e. The SMILES string of the molecule is Cc1ccc(F)c(C(C)(O)c2ccc(C#N)cc2)c1. The molecular formula is C16H14FNO. The Kier molecular flexibility index (Phi) is 3.37. The van der Waals surface area contributed by atoms with E-state index in [0.29, 0.717) is 11.1 Å². The number of hydrogen-bond acceptors (Lipinski definition) is 2. The molecule has 2 rings (SSSR count). The van der Waals surface area contributed by atoms with Gasteiger partial charge in [0.05, 0.1) is 11.6 Å². The van der Waals surface area contributed by atoms with E-state index in [1.165, 1.54) is 6.07 Å². The molecule has 19 heavy (non-hydrogen) atoms. The maximum Gasteiger partial charge on any atom is 0.129 e. The fraction of sp³-hybridized carbons (Fsp3) is 0.188. The molecule has 0 aliphatic carbocycles. The molecule has 1 N–H and O–H groups in total. The van der Waals surface area contributed by atoms with Crippen molar-refractivity contribution in [1.29, 1.82) is 5.26 Å². The van der Waals surface area contributed by atoms with Gasteiger partial charge >= 0.3 is 0 Å². The summed E-state index contributed by atoms with van der Waals surface area (Å²) in [5.74, 6) is -0.444. The van der Waals surface area contributed by atoms with E-state index in [0.717, 1.165) is 5.56 Å². The first-order valence-electron chi connectivity index (χ1n) is 5.95. The summed E-state index contributed by atoms with van der Waals surface area (Å²) in [5, 5.41) is 19.4. The van der Waals surface area contributed by atoms with Crippen molar-refractivity contribution in [3.63, 3.8) is 0 Å². The molecule has 1 atom stereocenters. The molecular weight excluding hydrogens is 241 g/mol. The minimum Gasteiger partial charge on any atom is -0.381 e. The molecule has 1 unspecified atom stereocenters. The van der Waals surface area contributed by atoms with Gasteiger partial charge in [0.15, 0.2) is 0 Å². The Labute approximate surface area is 111 Å². The second kappa shape index (κ2) is 4.83. The average molecular weight is 255 g/mol. The van der Waals surface area contributed by atoms with Crippen LogP contribution in [0.5, 0.6) is 0 Å². The largest absolute Gasteiger partial charge is 0.381 e. The number of halogens is 1. The average Bonchev–Trinajstić information content (AvgIpc) is 2.41. The second-order valence-corrected chi connectivity index (χ2v) is 4.74. The number of nitrogens with zero attached hydrogens (tertiary/aromatic N) is 1. The summed E-state index contributed by atoms with van der Waals surface area (Å²) in [4.78, 5) is 0. The maximum absolute atomic E-state index is 13.9. The van der Waals surface area contributed by atoms with Gasteiger partial charge < -0.3 is 5.11 Å². The van der Waals surface area contributed by atoms with E-state index in [4.69, 9.17) is 5.26 Å². The lowest BCUT2D eigenvalue weighted by Gasteiger charge is -2.25. The summed E-state index contributed by atoms with van der Waals surface area (Å²) < 4.78 is 13.9. The van der Waals surface area contributed by atoms with Crippen LogP contribution in [0.2, 0.25) is 0 Å². The minimum absolute atomic E-state index is 0.234. The normalized spacial score (nSPS) is 13.6. The van der Waals surface area contributed by atoms with Gasteiger partial charge in [-0.05, 0) is 43.7 Å². The van der Waals surface area contributed by atoms with Crippen LogP contribution in [0.1, 0.15) is 29.2 Å². The van der Waals surface area contributed by atoms with E-state index in [1.807, 2.05) is 13.0 Å². The molecule has 0 saturated heterocycles. The number of benzene rings is 2. The second-order valence-electron chi connectivity index (χ2n) is 4.74. The molecule has 0 heterocycles. The van der Waals surface area contributed by atoms with Crippen LogP contribution in [0.15, 0.2) is 42.5 Å². The highest BCUT2D eigenvalue weighted by Crippen LogP contribution is 2.31. The third-order valence-electron chi connectivity index (χ3n) is 3.22. The number of rotatable bonds is 2. The van der Waals surface area contributed by atoms with Crippen molar-refractivity contribution in [3.8, 4) is 6.07 Å². The minimum atomic E-state index is -1.43. The van der Waals surface area contributed by atoms with Gasteiger partial charge in [0.1, 0.15) is 11.4 Å². The molecule has 0 fully saturated rings. The predicted molar refractivity (Wildman–Crippen MR) is 71.0 cm³/mol. The Hall–Kier alpha value is -2.18. The van der Waals surface area contributed by atoms with E-state index < -0.39 is 11.4 Å². The van der Waals surface area contributed by atoms with Crippen LogP contribution >= 0.6 is 0 Å². The van der Waals surface area contributed by atoms with E-state index in [9.17, 15) is 9.50 Å². The molecule has 0 aromatic heterocycles. The van der Waals surface area contributed by atoms with Crippen molar-refractivity contribution >= 4 is 0 Å². The molecule has 0 aliphatic rings. The summed E-state index contributed by atoms with van der Waals surface area (Å²) in [6.07, 6.45) is 0. The Balaban J connectivity index is 2.51. The van der Waals surface area contributed by atoms with Gasteiger partial charge in [-0.3, -0.25) is 0 Å². The van der Waals surface area contributed by atoms with Crippen molar-refractivity contribution in [2.24, 2.45) is 0 Å². The standard InChI is InChI=1S/C16H14FNO/c1-11-3-8-15(17)14(9-11)16(2,19)13-6-4-12(10-18)5-7-13/h3-9,19H,1-2H3. The number of hydrogen-bond donors (Lipinski definition) is 1. The molecule has 0 amide bonds. The highest BCUT2D eigenvalue weighted by molar-refractivity contribution is 5.40. The fourth-order valence-corrected chi connectivity index (χ4v) is 2.04. The van der Waals surface area contributed by atoms with Gasteiger partial charge in [0.2, 0.25) is 0 Å². The van der Waals surface area contributed by atoms with Gasteiger partial charge in [-0.25, -0.2) is 4.39 Å². The summed E-state index contributed by atoms with van der Waals surface area (Å²) in [5.41, 5.74) is 0.743. The van der Waals surface area contributed by atoms with Crippen LogP contribution in [0, 0.1) is 24.1 Å². The summed E-state index contributed by atoms with van der Waals surface area (Å²) in [6.45, 7) is 3.39. The monoisotopic (exact) mass is 255 g/mol. The number of nitriles is 1. The molecule has 0 radical (unpaired) electrons. The first-order valence-corrected chi connectivity index (χ1v) is 5.95. The van der Waals surface area contributed by atoms with Crippen LogP contribution < -0.4 is 0 Å². The van der Waals surface area contributed by atoms with Crippen LogP contribution in [-0.4, -0.2) is 5.11 Å². The van der Waals surface area contributed by atoms with Crippen molar-refractivity contribution in [3.05, 3.63) is 70.5 Å². The highest BCUT2D eigenvalue weighted by Gasteiger charge is 2.28. The van der Waals surface area contributed by atoms with Crippen LogP contribution in [0.3, 0.4) is 0 Å². The molecule has 0 spiro atoms. The third kappa shape index (κ3) is 2.49.